The number of nitrogens with one attached hydrogen (secondary N) is 1. The molecule has 1 saturated heterocycles. The molecular weight excluding hydrogens is 338 g/mol. The van der Waals surface area contributed by atoms with E-state index in [-0.39, 0.29) is 10.9 Å². The highest BCUT2D eigenvalue weighted by Crippen LogP contribution is 2.39. The predicted molar refractivity (Wildman–Crippen MR) is 79.4 cm³/mol. The zero-order valence-corrected chi connectivity index (χ0v) is 12.5. The van der Waals surface area contributed by atoms with Gasteiger partial charge in [0.2, 0.25) is 15.9 Å². The Labute approximate surface area is 129 Å². The summed E-state index contributed by atoms with van der Waals surface area (Å²) in [7, 11) is 0. The van der Waals surface area contributed by atoms with Crippen molar-refractivity contribution in [3.63, 3.8) is 0 Å². The number of ether oxygens (including phenoxy) is 1. The molecule has 1 fully saturated rings. The maximum atomic E-state index is 7.58. The second-order valence-corrected chi connectivity index (χ2v) is 6.68. The van der Waals surface area contributed by atoms with Crippen molar-refractivity contribution in [2.75, 3.05) is 4.90 Å². The summed E-state index contributed by atoms with van der Waals surface area (Å²) in [6, 6.07) is 6.77. The Balaban J connectivity index is 2.42. The van der Waals surface area contributed by atoms with Gasteiger partial charge >= 0.3 is 0 Å². The molecule has 1 aliphatic rings. The molecule has 2 rings (SSSR count). The third-order valence-electron chi connectivity index (χ3n) is 2.26. The number of halogens is 4. The molecule has 1 N–H and O–H groups in total. The second kappa shape index (κ2) is 5.02. The van der Waals surface area contributed by atoms with Crippen LogP contribution in [0.5, 0.6) is 0 Å². The van der Waals surface area contributed by atoms with E-state index in [1.54, 1.807) is 24.3 Å². The summed E-state index contributed by atoms with van der Waals surface area (Å²) in [5.41, 5.74) is 0.642. The van der Waals surface area contributed by atoms with Gasteiger partial charge in [-0.15, -0.1) is 0 Å². The van der Waals surface area contributed by atoms with Gasteiger partial charge in [-0.1, -0.05) is 58.6 Å². The molecule has 0 aromatic heterocycles. The van der Waals surface area contributed by atoms with Crippen molar-refractivity contribution in [3.05, 3.63) is 29.3 Å². The van der Waals surface area contributed by atoms with E-state index < -0.39 is 10.0 Å². The van der Waals surface area contributed by atoms with Crippen LogP contribution in [0.3, 0.4) is 0 Å². The lowest BCUT2D eigenvalue weighted by atomic mass is 10.3. The first kappa shape index (κ1) is 14.2. The molecule has 0 saturated carbocycles. The zero-order chi connectivity index (χ0) is 13.5. The van der Waals surface area contributed by atoms with Crippen LogP contribution in [-0.4, -0.2) is 20.9 Å². The molecule has 1 aromatic carbocycles. The van der Waals surface area contributed by atoms with Crippen LogP contribution in [0, 0.1) is 5.41 Å². The lowest BCUT2D eigenvalue weighted by Gasteiger charge is -2.28. The van der Waals surface area contributed by atoms with Crippen LogP contribution in [0.25, 0.3) is 0 Å². The normalized spacial score (nSPS) is 20.2. The summed E-state index contributed by atoms with van der Waals surface area (Å²) < 4.78 is 3.44. The van der Waals surface area contributed by atoms with E-state index in [1.807, 2.05) is 0 Å². The Morgan fingerprint density at radius 3 is 2.28 bits per heavy atom. The number of anilines is 1. The molecule has 8 heteroatoms. The topological polar surface area (TPSA) is 36.3 Å². The van der Waals surface area contributed by atoms with Crippen molar-refractivity contribution in [1.29, 1.82) is 5.41 Å². The molecule has 0 aliphatic carbocycles. The summed E-state index contributed by atoms with van der Waals surface area (Å²) in [5, 5.41) is 8.15. The first-order chi connectivity index (χ1) is 8.30. The van der Waals surface area contributed by atoms with Gasteiger partial charge < -0.3 is 4.74 Å². The van der Waals surface area contributed by atoms with Gasteiger partial charge in [0.1, 0.15) is 0 Å². The Hall–Kier alpha value is -0.260. The van der Waals surface area contributed by atoms with Crippen molar-refractivity contribution in [1.82, 2.24) is 0 Å². The van der Waals surface area contributed by atoms with Crippen molar-refractivity contribution < 1.29 is 4.74 Å². The Morgan fingerprint density at radius 1 is 1.22 bits per heavy atom. The van der Waals surface area contributed by atoms with E-state index in [9.17, 15) is 0 Å². The zero-order valence-electron chi connectivity index (χ0n) is 8.66. The molecule has 1 aromatic rings. The SMILES string of the molecule is N=C1O[C@H](C(Cl)(Cl)Cl)N(c2ccc(Cl)cc2)C1=S. The molecule has 0 spiro atoms. The quantitative estimate of drug-likeness (QED) is 0.613. The maximum Gasteiger partial charge on any atom is 0.246 e. The second-order valence-electron chi connectivity index (χ2n) is 3.49. The maximum absolute atomic E-state index is 7.58. The van der Waals surface area contributed by atoms with E-state index in [0.29, 0.717) is 10.7 Å². The van der Waals surface area contributed by atoms with E-state index in [0.717, 1.165) is 0 Å². The van der Waals surface area contributed by atoms with Gasteiger partial charge in [-0.25, -0.2) is 0 Å². The van der Waals surface area contributed by atoms with Crippen LogP contribution in [0.2, 0.25) is 5.02 Å². The minimum atomic E-state index is -1.73. The third kappa shape index (κ3) is 2.68. The number of hydrogen-bond donors (Lipinski definition) is 1. The minimum absolute atomic E-state index is 0.161. The monoisotopic (exact) mass is 342 g/mol. The summed E-state index contributed by atoms with van der Waals surface area (Å²) >= 11 is 28.4. The first-order valence-electron chi connectivity index (χ1n) is 4.72. The van der Waals surface area contributed by atoms with Crippen LogP contribution < -0.4 is 4.90 Å². The molecule has 1 atom stereocenters. The smallest absolute Gasteiger partial charge is 0.246 e. The summed E-state index contributed by atoms with van der Waals surface area (Å²) in [6.45, 7) is 0. The molecule has 0 unspecified atom stereocenters. The molecule has 1 aliphatic heterocycles. The average Bonchev–Trinajstić information content (AvgIpc) is 2.57. The molecule has 18 heavy (non-hydrogen) atoms. The Bertz CT molecular complexity index is 500. The number of nitrogens with zero attached hydrogens (tertiary/aromatic N) is 1. The van der Waals surface area contributed by atoms with Crippen LogP contribution in [-0.2, 0) is 4.74 Å². The number of alkyl halides is 3. The molecule has 96 valence electrons. The highest BCUT2D eigenvalue weighted by Gasteiger charge is 2.47. The fraction of sp³-hybridized carbons (Fsp3) is 0.200. The van der Waals surface area contributed by atoms with Crippen LogP contribution in [0.1, 0.15) is 0 Å². The van der Waals surface area contributed by atoms with E-state index in [2.05, 4.69) is 0 Å². The van der Waals surface area contributed by atoms with E-state index in [1.165, 1.54) is 4.90 Å². The predicted octanol–water partition coefficient (Wildman–Crippen LogP) is 4.18. The van der Waals surface area contributed by atoms with Gasteiger partial charge in [0, 0.05) is 10.7 Å². The fourth-order valence-electron chi connectivity index (χ4n) is 1.50. The lowest BCUT2D eigenvalue weighted by Crippen LogP contribution is -2.41. The van der Waals surface area contributed by atoms with Crippen LogP contribution in [0.15, 0.2) is 24.3 Å². The number of rotatable bonds is 1. The molecule has 0 amide bonds. The van der Waals surface area contributed by atoms with Crippen LogP contribution >= 0.6 is 58.6 Å². The lowest BCUT2D eigenvalue weighted by molar-refractivity contribution is 0.223. The Kier molecular flexibility index (Phi) is 3.95. The highest BCUT2D eigenvalue weighted by molar-refractivity contribution is 7.82. The molecule has 0 radical (unpaired) electrons. The summed E-state index contributed by atoms with van der Waals surface area (Å²) in [6.07, 6.45) is -0.969. The standard InChI is InChI=1S/C10H6Cl4N2OS/c11-5-1-3-6(4-2-5)16-8(18)7(15)17-9(16)10(12,13)14/h1-4,9,15H/t9-/m1/s1. The van der Waals surface area contributed by atoms with Crippen molar-refractivity contribution >= 4 is 75.2 Å². The number of thiocarbonyl (C=S) groups is 1. The van der Waals surface area contributed by atoms with Crippen molar-refractivity contribution in [2.24, 2.45) is 0 Å². The first-order valence-corrected chi connectivity index (χ1v) is 6.64. The van der Waals surface area contributed by atoms with Gasteiger partial charge in [-0.05, 0) is 24.3 Å². The third-order valence-corrected chi connectivity index (χ3v) is 3.46. The average molecular weight is 344 g/mol. The number of hydrogen-bond acceptors (Lipinski definition) is 3. The van der Waals surface area contributed by atoms with Gasteiger partial charge in [0.25, 0.3) is 0 Å². The summed E-state index contributed by atoms with van der Waals surface area (Å²) in [4.78, 5) is 1.63. The molecule has 1 heterocycles. The largest absolute Gasteiger partial charge is 0.447 e. The van der Waals surface area contributed by atoms with Gasteiger partial charge in [-0.2, -0.15) is 0 Å². The van der Waals surface area contributed by atoms with Gasteiger partial charge in [0.05, 0.1) is 0 Å². The minimum Gasteiger partial charge on any atom is -0.447 e. The number of benzene rings is 1. The summed E-state index contributed by atoms with van der Waals surface area (Å²) in [5.74, 6) is -0.198. The van der Waals surface area contributed by atoms with E-state index >= 15 is 0 Å². The van der Waals surface area contributed by atoms with Gasteiger partial charge in [0.15, 0.2) is 4.99 Å². The van der Waals surface area contributed by atoms with Gasteiger partial charge in [-0.3, -0.25) is 10.3 Å². The van der Waals surface area contributed by atoms with Crippen LogP contribution in [0.4, 0.5) is 5.69 Å². The fourth-order valence-corrected chi connectivity index (χ4v) is 2.30. The van der Waals surface area contributed by atoms with E-state index in [4.69, 9.17) is 68.8 Å². The highest BCUT2D eigenvalue weighted by atomic mass is 35.6. The Morgan fingerprint density at radius 2 is 1.78 bits per heavy atom. The molecule has 0 bridgehead atoms. The molecule has 3 nitrogen and oxygen atoms in total. The molecular formula is C10H6Cl4N2OS. The van der Waals surface area contributed by atoms with Crippen molar-refractivity contribution in [2.45, 2.75) is 10.0 Å². The van der Waals surface area contributed by atoms with Crippen molar-refractivity contribution in [3.8, 4) is 0 Å².